The lowest BCUT2D eigenvalue weighted by Gasteiger charge is -2.29. The Morgan fingerprint density at radius 3 is 2.48 bits per heavy atom. The van der Waals surface area contributed by atoms with E-state index in [2.05, 4.69) is 33.0 Å². The fourth-order valence-corrected chi connectivity index (χ4v) is 3.95. The molecule has 3 rings (SSSR count). The third-order valence-electron chi connectivity index (χ3n) is 5.52. The number of nitrogens with one attached hydrogen (secondary N) is 3. The van der Waals surface area contributed by atoms with Gasteiger partial charge in [-0.1, -0.05) is 25.3 Å². The number of urea groups is 1. The summed E-state index contributed by atoms with van der Waals surface area (Å²) in [4.78, 5) is 26.8. The zero-order valence-electron chi connectivity index (χ0n) is 16.3. The molecular formula is C21H32N4O2. The van der Waals surface area contributed by atoms with Crippen molar-refractivity contribution in [3.8, 4) is 0 Å². The van der Waals surface area contributed by atoms with Crippen molar-refractivity contribution < 1.29 is 9.59 Å². The molecule has 1 aliphatic heterocycles. The average Bonchev–Trinajstić information content (AvgIpc) is 2.69. The molecule has 148 valence electrons. The fourth-order valence-electron chi connectivity index (χ4n) is 3.95. The number of anilines is 2. The number of carbonyl (C=O) groups is 2. The van der Waals surface area contributed by atoms with Crippen molar-refractivity contribution >= 4 is 23.3 Å². The van der Waals surface area contributed by atoms with Crippen LogP contribution in [-0.2, 0) is 4.79 Å². The standard InChI is InChI=1S/C21H32N4O2/c1-16(20(26)24-21(27)23-17-9-4-2-5-10-17)22-18-11-8-12-19(15-18)25-13-6-3-7-14-25/h8,11-12,15-17,22H,2-7,9-10,13-14H2,1H3,(H2,23,24,26,27)/t16-/m0/s1. The number of benzene rings is 1. The van der Waals surface area contributed by atoms with Gasteiger partial charge in [0.2, 0.25) is 5.91 Å². The molecule has 0 radical (unpaired) electrons. The first kappa shape index (κ1) is 19.5. The minimum absolute atomic E-state index is 0.191. The van der Waals surface area contributed by atoms with E-state index in [0.717, 1.165) is 44.5 Å². The van der Waals surface area contributed by atoms with E-state index < -0.39 is 6.04 Å². The van der Waals surface area contributed by atoms with Gasteiger partial charge in [-0.05, 0) is 57.2 Å². The number of imide groups is 1. The highest BCUT2D eigenvalue weighted by Crippen LogP contribution is 2.23. The van der Waals surface area contributed by atoms with Crippen molar-refractivity contribution in [3.63, 3.8) is 0 Å². The molecule has 0 spiro atoms. The molecule has 27 heavy (non-hydrogen) atoms. The normalized spacial score (nSPS) is 19.2. The second-order valence-corrected chi connectivity index (χ2v) is 7.76. The Balaban J connectivity index is 1.49. The first-order chi connectivity index (χ1) is 13.1. The van der Waals surface area contributed by atoms with Crippen molar-refractivity contribution in [1.29, 1.82) is 0 Å². The van der Waals surface area contributed by atoms with E-state index in [1.165, 1.54) is 31.4 Å². The molecule has 0 unspecified atom stereocenters. The van der Waals surface area contributed by atoms with Crippen LogP contribution in [0.3, 0.4) is 0 Å². The maximum absolute atomic E-state index is 12.3. The van der Waals surface area contributed by atoms with Crippen molar-refractivity contribution in [2.24, 2.45) is 0 Å². The number of piperidine rings is 1. The molecule has 2 fully saturated rings. The number of hydrogen-bond acceptors (Lipinski definition) is 4. The van der Waals surface area contributed by atoms with E-state index in [4.69, 9.17) is 0 Å². The average molecular weight is 373 g/mol. The lowest BCUT2D eigenvalue weighted by atomic mass is 9.96. The monoisotopic (exact) mass is 372 g/mol. The van der Waals surface area contributed by atoms with Crippen LogP contribution in [0.15, 0.2) is 24.3 Å². The number of carbonyl (C=O) groups excluding carboxylic acids is 2. The van der Waals surface area contributed by atoms with Crippen molar-refractivity contribution in [2.45, 2.75) is 70.4 Å². The Morgan fingerprint density at radius 2 is 1.74 bits per heavy atom. The van der Waals surface area contributed by atoms with Crippen LogP contribution in [0.2, 0.25) is 0 Å². The van der Waals surface area contributed by atoms with Gasteiger partial charge in [0.25, 0.3) is 0 Å². The topological polar surface area (TPSA) is 73.5 Å². The highest BCUT2D eigenvalue weighted by atomic mass is 16.2. The molecule has 6 nitrogen and oxygen atoms in total. The van der Waals surface area contributed by atoms with Crippen LogP contribution in [0.4, 0.5) is 16.2 Å². The van der Waals surface area contributed by atoms with Gasteiger partial charge in [0.05, 0.1) is 0 Å². The Labute approximate surface area is 162 Å². The lowest BCUT2D eigenvalue weighted by molar-refractivity contribution is -0.120. The van der Waals surface area contributed by atoms with E-state index in [9.17, 15) is 9.59 Å². The van der Waals surface area contributed by atoms with Gasteiger partial charge >= 0.3 is 6.03 Å². The maximum Gasteiger partial charge on any atom is 0.321 e. The van der Waals surface area contributed by atoms with Crippen LogP contribution >= 0.6 is 0 Å². The molecule has 1 heterocycles. The largest absolute Gasteiger partial charge is 0.374 e. The molecule has 2 aliphatic rings. The Hall–Kier alpha value is -2.24. The van der Waals surface area contributed by atoms with Crippen LogP contribution in [0.5, 0.6) is 0 Å². The molecule has 3 amide bonds. The zero-order valence-corrected chi connectivity index (χ0v) is 16.3. The summed E-state index contributed by atoms with van der Waals surface area (Å²) in [6, 6.07) is 7.47. The molecule has 0 aromatic heterocycles. The minimum Gasteiger partial charge on any atom is -0.374 e. The SMILES string of the molecule is C[C@H](Nc1cccc(N2CCCCC2)c1)C(=O)NC(=O)NC1CCCCC1. The van der Waals surface area contributed by atoms with Gasteiger partial charge < -0.3 is 15.5 Å². The van der Waals surface area contributed by atoms with Crippen LogP contribution < -0.4 is 20.9 Å². The van der Waals surface area contributed by atoms with Crippen LogP contribution in [0.1, 0.15) is 58.3 Å². The summed E-state index contributed by atoms with van der Waals surface area (Å²) in [5.74, 6) is -0.313. The molecule has 1 aromatic carbocycles. The summed E-state index contributed by atoms with van der Waals surface area (Å²) in [6.45, 7) is 3.94. The third-order valence-corrected chi connectivity index (χ3v) is 5.52. The summed E-state index contributed by atoms with van der Waals surface area (Å²) in [6.07, 6.45) is 9.27. The summed E-state index contributed by atoms with van der Waals surface area (Å²) in [5.41, 5.74) is 2.08. The number of hydrogen-bond donors (Lipinski definition) is 3. The first-order valence-electron chi connectivity index (χ1n) is 10.3. The van der Waals surface area contributed by atoms with Gasteiger partial charge in [-0.3, -0.25) is 10.1 Å². The smallest absolute Gasteiger partial charge is 0.321 e. The van der Waals surface area contributed by atoms with Crippen molar-refractivity contribution in [1.82, 2.24) is 10.6 Å². The second kappa shape index (κ2) is 9.62. The lowest BCUT2D eigenvalue weighted by Crippen LogP contribution is -2.49. The minimum atomic E-state index is -0.487. The third kappa shape index (κ3) is 5.88. The summed E-state index contributed by atoms with van der Waals surface area (Å²) < 4.78 is 0. The van der Waals surface area contributed by atoms with Crippen LogP contribution in [0, 0.1) is 0 Å². The molecule has 1 aliphatic carbocycles. The molecule has 6 heteroatoms. The van der Waals surface area contributed by atoms with Crippen LogP contribution in [-0.4, -0.2) is 37.1 Å². The van der Waals surface area contributed by atoms with Gasteiger partial charge in [-0.15, -0.1) is 0 Å². The predicted molar refractivity (Wildman–Crippen MR) is 109 cm³/mol. The summed E-state index contributed by atoms with van der Waals surface area (Å²) in [5, 5.41) is 8.59. The van der Waals surface area contributed by atoms with Gasteiger partial charge in [0.15, 0.2) is 0 Å². The van der Waals surface area contributed by atoms with Crippen LogP contribution in [0.25, 0.3) is 0 Å². The van der Waals surface area contributed by atoms with Crippen molar-refractivity contribution in [3.05, 3.63) is 24.3 Å². The molecule has 1 aromatic rings. The molecule has 3 N–H and O–H groups in total. The Kier molecular flexibility index (Phi) is 6.96. The van der Waals surface area contributed by atoms with E-state index in [0.29, 0.717) is 0 Å². The molecule has 1 saturated carbocycles. The van der Waals surface area contributed by atoms with Gasteiger partial charge in [0.1, 0.15) is 6.04 Å². The summed E-state index contributed by atoms with van der Waals surface area (Å²) in [7, 11) is 0. The molecule has 1 saturated heterocycles. The number of nitrogens with zero attached hydrogens (tertiary/aromatic N) is 1. The molecule has 1 atom stereocenters. The maximum atomic E-state index is 12.3. The number of amides is 3. The highest BCUT2D eigenvalue weighted by Gasteiger charge is 2.20. The fraction of sp³-hybridized carbons (Fsp3) is 0.619. The predicted octanol–water partition coefficient (Wildman–Crippen LogP) is 3.64. The quantitative estimate of drug-likeness (QED) is 0.738. The van der Waals surface area contributed by atoms with Crippen molar-refractivity contribution in [2.75, 3.05) is 23.3 Å². The second-order valence-electron chi connectivity index (χ2n) is 7.76. The van der Waals surface area contributed by atoms with E-state index in [-0.39, 0.29) is 18.0 Å². The van der Waals surface area contributed by atoms with E-state index >= 15 is 0 Å². The zero-order chi connectivity index (χ0) is 19.1. The number of rotatable bonds is 5. The Bertz CT molecular complexity index is 637. The molecule has 0 bridgehead atoms. The van der Waals surface area contributed by atoms with Gasteiger partial charge in [-0.2, -0.15) is 0 Å². The first-order valence-corrected chi connectivity index (χ1v) is 10.3. The summed E-state index contributed by atoms with van der Waals surface area (Å²) >= 11 is 0. The van der Waals surface area contributed by atoms with Gasteiger partial charge in [-0.25, -0.2) is 4.79 Å². The van der Waals surface area contributed by atoms with Gasteiger partial charge in [0, 0.05) is 30.5 Å². The molecular weight excluding hydrogens is 340 g/mol. The van der Waals surface area contributed by atoms with E-state index in [1.54, 1.807) is 6.92 Å². The Morgan fingerprint density at radius 1 is 1.04 bits per heavy atom. The highest BCUT2D eigenvalue weighted by molar-refractivity contribution is 5.98. The van der Waals surface area contributed by atoms with E-state index in [1.807, 2.05) is 12.1 Å².